The molecule has 0 amide bonds. The Morgan fingerprint density at radius 1 is 1.07 bits per heavy atom. The highest BCUT2D eigenvalue weighted by Gasteiger charge is 2.30. The minimum absolute atomic E-state index is 0.0356. The number of benzene rings is 1. The zero-order valence-electron chi connectivity index (χ0n) is 15.8. The summed E-state index contributed by atoms with van der Waals surface area (Å²) in [5.41, 5.74) is 2.17. The van der Waals surface area contributed by atoms with Crippen molar-refractivity contribution in [2.45, 2.75) is 19.8 Å². The van der Waals surface area contributed by atoms with Crippen LogP contribution < -0.4 is 0 Å². The fourth-order valence-corrected chi connectivity index (χ4v) is 3.67. The number of hydrogen-bond acceptors (Lipinski definition) is 7. The fraction of sp³-hybridized carbons (Fsp3) is 0.143. The first kappa shape index (κ1) is 18.7. The molecule has 0 saturated carbocycles. The van der Waals surface area contributed by atoms with E-state index in [2.05, 4.69) is 20.1 Å². The summed E-state index contributed by atoms with van der Waals surface area (Å²) in [6.07, 6.45) is 0. The van der Waals surface area contributed by atoms with Crippen LogP contribution in [-0.2, 0) is 0 Å². The van der Waals surface area contributed by atoms with Gasteiger partial charge in [0.2, 0.25) is 11.6 Å². The van der Waals surface area contributed by atoms with Crippen LogP contribution in [0, 0.1) is 25.2 Å². The molecule has 1 atom stereocenters. The lowest BCUT2D eigenvalue weighted by atomic mass is 10.0. The van der Waals surface area contributed by atoms with Crippen molar-refractivity contribution in [3.05, 3.63) is 76.9 Å². The number of nitrogens with zero attached hydrogens (tertiary/aromatic N) is 6. The number of nitriles is 1. The van der Waals surface area contributed by atoms with E-state index in [1.54, 1.807) is 24.6 Å². The average molecular weight is 400 g/mol. The lowest BCUT2D eigenvalue weighted by Gasteiger charge is -2.06. The number of ketones is 1. The van der Waals surface area contributed by atoms with E-state index < -0.39 is 11.7 Å². The van der Waals surface area contributed by atoms with E-state index in [4.69, 9.17) is 0 Å². The Morgan fingerprint density at radius 3 is 2.41 bits per heavy atom. The van der Waals surface area contributed by atoms with Gasteiger partial charge in [-0.2, -0.15) is 5.26 Å². The number of aryl methyl sites for hydroxylation is 2. The Balaban J connectivity index is 1.80. The maximum atomic E-state index is 13.1. The molecule has 1 aromatic carbocycles. The summed E-state index contributed by atoms with van der Waals surface area (Å²) in [6.45, 7) is 3.60. The molecule has 0 aliphatic heterocycles. The zero-order valence-corrected chi connectivity index (χ0v) is 16.6. The summed E-state index contributed by atoms with van der Waals surface area (Å²) in [4.78, 5) is 27.0. The molecule has 1 unspecified atom stereocenters. The first-order chi connectivity index (χ1) is 14.1. The molecule has 29 heavy (non-hydrogen) atoms. The highest BCUT2D eigenvalue weighted by molar-refractivity contribution is 7.13. The molecule has 142 valence electrons. The summed E-state index contributed by atoms with van der Waals surface area (Å²) in [7, 11) is 0. The largest absolute Gasteiger partial charge is 0.289 e. The van der Waals surface area contributed by atoms with Crippen molar-refractivity contribution >= 4 is 17.1 Å². The van der Waals surface area contributed by atoms with Gasteiger partial charge in [0.1, 0.15) is 0 Å². The fourth-order valence-electron chi connectivity index (χ4n) is 2.98. The lowest BCUT2D eigenvalue weighted by molar-refractivity contribution is 0.0966. The summed E-state index contributed by atoms with van der Waals surface area (Å²) in [5, 5.41) is 16.0. The van der Waals surface area contributed by atoms with E-state index in [1.807, 2.05) is 53.9 Å². The summed E-state index contributed by atoms with van der Waals surface area (Å²) >= 11 is 1.50. The number of para-hydroxylation sites is 1. The van der Waals surface area contributed by atoms with Crippen molar-refractivity contribution < 1.29 is 4.79 Å². The number of carbonyl (C=O) groups excluding carboxylic acids is 1. The monoisotopic (exact) mass is 400 g/mol. The molecule has 3 heterocycles. The van der Waals surface area contributed by atoms with Gasteiger partial charge < -0.3 is 0 Å². The average Bonchev–Trinajstić information content (AvgIpc) is 3.38. The van der Waals surface area contributed by atoms with Gasteiger partial charge in [-0.3, -0.25) is 4.79 Å². The van der Waals surface area contributed by atoms with Gasteiger partial charge >= 0.3 is 0 Å². The smallest absolute Gasteiger partial charge is 0.226 e. The highest BCUT2D eigenvalue weighted by Crippen LogP contribution is 2.27. The van der Waals surface area contributed by atoms with Crippen LogP contribution >= 0.6 is 11.3 Å². The van der Waals surface area contributed by atoms with Crippen LogP contribution in [0.3, 0.4) is 0 Å². The molecule has 0 aliphatic carbocycles. The molecule has 4 rings (SSSR count). The molecule has 8 heteroatoms. The van der Waals surface area contributed by atoms with Crippen molar-refractivity contribution in [1.82, 2.24) is 24.7 Å². The van der Waals surface area contributed by atoms with E-state index in [9.17, 15) is 10.1 Å². The third-order valence-corrected chi connectivity index (χ3v) is 5.08. The molecule has 0 radical (unpaired) electrons. The standard InChI is InChI=1S/C21H16N6OS/c1-13-11-14(2)24-19(23-13)16(12-22)18(28)20-25-21(17-9-6-10-29-17)27(26-20)15-7-4-3-5-8-15/h3-11,16H,1-2H3. The van der Waals surface area contributed by atoms with Crippen LogP contribution in [0.2, 0.25) is 0 Å². The molecule has 0 N–H and O–H groups in total. The van der Waals surface area contributed by atoms with Crippen LogP contribution in [0.15, 0.2) is 53.9 Å². The molecule has 0 aliphatic rings. The number of rotatable bonds is 5. The Labute approximate surface area is 171 Å². The minimum Gasteiger partial charge on any atom is -0.289 e. The van der Waals surface area contributed by atoms with E-state index in [0.29, 0.717) is 17.2 Å². The van der Waals surface area contributed by atoms with Crippen LogP contribution in [-0.4, -0.2) is 30.5 Å². The predicted molar refractivity (Wildman–Crippen MR) is 109 cm³/mol. The molecule has 0 spiro atoms. The molecular formula is C21H16N6OS. The molecule has 3 aromatic heterocycles. The number of aromatic nitrogens is 5. The molecule has 0 fully saturated rings. The SMILES string of the molecule is Cc1cc(C)nc(C(C#N)C(=O)c2nc(-c3cccs3)n(-c3ccccc3)n2)n1. The summed E-state index contributed by atoms with van der Waals surface area (Å²) in [6, 6.07) is 17.1. The summed E-state index contributed by atoms with van der Waals surface area (Å²) < 4.78 is 1.62. The number of Topliss-reactive ketones (excluding diaryl/α,β-unsaturated/α-hetero) is 1. The molecular weight excluding hydrogens is 384 g/mol. The first-order valence-corrected chi connectivity index (χ1v) is 9.77. The number of carbonyl (C=O) groups is 1. The number of hydrogen-bond donors (Lipinski definition) is 0. The minimum atomic E-state index is -1.17. The molecule has 7 nitrogen and oxygen atoms in total. The van der Waals surface area contributed by atoms with Crippen molar-refractivity contribution in [2.75, 3.05) is 0 Å². The van der Waals surface area contributed by atoms with Crippen molar-refractivity contribution in [3.63, 3.8) is 0 Å². The van der Waals surface area contributed by atoms with E-state index >= 15 is 0 Å². The van der Waals surface area contributed by atoms with E-state index in [-0.39, 0.29) is 11.6 Å². The maximum Gasteiger partial charge on any atom is 0.226 e. The lowest BCUT2D eigenvalue weighted by Crippen LogP contribution is -2.17. The second kappa shape index (κ2) is 7.73. The van der Waals surface area contributed by atoms with E-state index in [1.165, 1.54) is 11.3 Å². The normalized spacial score (nSPS) is 11.8. The zero-order chi connectivity index (χ0) is 20.4. The third kappa shape index (κ3) is 3.68. The van der Waals surface area contributed by atoms with Gasteiger partial charge in [0.25, 0.3) is 0 Å². The van der Waals surface area contributed by atoms with Crippen LogP contribution in [0.4, 0.5) is 0 Å². The molecule has 4 aromatic rings. The second-order valence-corrected chi connectivity index (χ2v) is 7.37. The Bertz CT molecular complexity index is 1190. The van der Waals surface area contributed by atoms with Gasteiger partial charge in [-0.1, -0.05) is 24.3 Å². The van der Waals surface area contributed by atoms with E-state index in [0.717, 1.165) is 10.6 Å². The second-order valence-electron chi connectivity index (χ2n) is 6.42. The summed E-state index contributed by atoms with van der Waals surface area (Å²) in [5.74, 6) is -1.01. The van der Waals surface area contributed by atoms with Gasteiger partial charge in [-0.15, -0.1) is 16.4 Å². The Hall–Kier alpha value is -3.70. The van der Waals surface area contributed by atoms with Crippen LogP contribution in [0.1, 0.15) is 33.7 Å². The highest BCUT2D eigenvalue weighted by atomic mass is 32.1. The van der Waals surface area contributed by atoms with Gasteiger partial charge in [0.15, 0.2) is 17.6 Å². The Kier molecular flexibility index (Phi) is 4.97. The van der Waals surface area contributed by atoms with Crippen LogP contribution in [0.25, 0.3) is 16.4 Å². The van der Waals surface area contributed by atoms with Crippen LogP contribution in [0.5, 0.6) is 0 Å². The maximum absolute atomic E-state index is 13.1. The van der Waals surface area contributed by atoms with Gasteiger partial charge in [-0.05, 0) is 43.5 Å². The predicted octanol–water partition coefficient (Wildman–Crippen LogP) is 3.89. The first-order valence-electron chi connectivity index (χ1n) is 8.89. The molecule has 0 saturated heterocycles. The number of thiophene rings is 1. The quantitative estimate of drug-likeness (QED) is 0.471. The van der Waals surface area contributed by atoms with Gasteiger partial charge in [0.05, 0.1) is 16.6 Å². The van der Waals surface area contributed by atoms with Gasteiger partial charge in [-0.25, -0.2) is 19.6 Å². The Morgan fingerprint density at radius 2 is 1.79 bits per heavy atom. The van der Waals surface area contributed by atoms with Gasteiger partial charge in [0, 0.05) is 11.4 Å². The topological polar surface area (TPSA) is 97.3 Å². The van der Waals surface area contributed by atoms with Crippen molar-refractivity contribution in [2.24, 2.45) is 0 Å². The molecule has 0 bridgehead atoms. The van der Waals surface area contributed by atoms with Crippen molar-refractivity contribution in [3.8, 4) is 22.5 Å². The van der Waals surface area contributed by atoms with Crippen molar-refractivity contribution in [1.29, 1.82) is 5.26 Å². The third-order valence-electron chi connectivity index (χ3n) is 4.22.